The summed E-state index contributed by atoms with van der Waals surface area (Å²) in [7, 11) is 1.58. The average Bonchev–Trinajstić information content (AvgIpc) is 3.26. The molecule has 0 saturated heterocycles. The zero-order valence-corrected chi connectivity index (χ0v) is 19.7. The molecular formula is C24H30N8O2. The molecule has 0 atom stereocenters. The molecule has 0 saturated carbocycles. The number of hydrogen-bond acceptors (Lipinski definition) is 6. The number of hydrogen-bond donors (Lipinski definition) is 4. The normalized spacial score (nSPS) is 10.7. The van der Waals surface area contributed by atoms with Gasteiger partial charge in [0.15, 0.2) is 0 Å². The summed E-state index contributed by atoms with van der Waals surface area (Å²) in [5, 5.41) is 21.7. The fraction of sp³-hybridized carbons (Fsp3) is 0.333. The third-order valence-corrected chi connectivity index (χ3v) is 5.37. The Morgan fingerprint density at radius 3 is 2.71 bits per heavy atom. The molecule has 1 aromatic carbocycles. The van der Waals surface area contributed by atoms with E-state index < -0.39 is 0 Å². The smallest absolute Gasteiger partial charge is 0.325 e. The predicted octanol–water partition coefficient (Wildman–Crippen LogP) is 3.69. The number of anilines is 3. The maximum absolute atomic E-state index is 12.3. The van der Waals surface area contributed by atoms with Gasteiger partial charge in [-0.05, 0) is 43.8 Å². The summed E-state index contributed by atoms with van der Waals surface area (Å²) < 4.78 is 1.52. The molecule has 34 heavy (non-hydrogen) atoms. The second-order valence-electron chi connectivity index (χ2n) is 7.68. The van der Waals surface area contributed by atoms with Crippen molar-refractivity contribution in [1.29, 1.82) is 5.26 Å². The van der Waals surface area contributed by atoms with Gasteiger partial charge in [0, 0.05) is 49.7 Å². The minimum absolute atomic E-state index is 0.224. The molecule has 4 N–H and O–H groups in total. The number of aromatic nitrogens is 2. The molecule has 0 spiro atoms. The highest BCUT2D eigenvalue weighted by Crippen LogP contribution is 2.26. The monoisotopic (exact) mass is 462 g/mol. The lowest BCUT2D eigenvalue weighted by Gasteiger charge is -2.19. The Hall–Kier alpha value is -4.10. The number of benzene rings is 1. The zero-order chi connectivity index (χ0) is 24.5. The molecule has 3 rings (SSSR count). The van der Waals surface area contributed by atoms with Crippen LogP contribution < -0.4 is 21.3 Å². The van der Waals surface area contributed by atoms with Crippen LogP contribution in [0.3, 0.4) is 0 Å². The molecule has 0 bridgehead atoms. The quantitative estimate of drug-likeness (QED) is 0.384. The van der Waals surface area contributed by atoms with Gasteiger partial charge in [-0.25, -0.2) is 14.6 Å². The number of nitrogens with zero attached hydrogens (tertiary/aromatic N) is 4. The predicted molar refractivity (Wildman–Crippen MR) is 133 cm³/mol. The van der Waals surface area contributed by atoms with E-state index in [4.69, 9.17) is 0 Å². The molecule has 0 fully saturated rings. The van der Waals surface area contributed by atoms with Gasteiger partial charge in [0.2, 0.25) is 0 Å². The standard InChI is InChI=1S/C24H30N8O2/c1-4-10-31(5-2)12-9-27-23(33)30-22-14-20(18(15-25)16-28-22)29-19-6-7-21-17(13-19)8-11-32(21)24(34)26-3/h6-8,11,13-14,16H,4-5,9-10,12H2,1-3H3,(H,26,34)(H3,27,28,29,30,33). The number of nitriles is 1. The Morgan fingerprint density at radius 1 is 1.18 bits per heavy atom. The van der Waals surface area contributed by atoms with Crippen LogP contribution in [-0.4, -0.2) is 59.7 Å². The number of urea groups is 1. The van der Waals surface area contributed by atoms with Crippen LogP contribution in [0, 0.1) is 11.3 Å². The van der Waals surface area contributed by atoms with Crippen LogP contribution in [0.4, 0.5) is 26.8 Å². The molecule has 0 aliphatic carbocycles. The van der Waals surface area contributed by atoms with E-state index in [2.05, 4.69) is 51.1 Å². The Balaban J connectivity index is 1.69. The van der Waals surface area contributed by atoms with Crippen molar-refractivity contribution >= 4 is 40.2 Å². The lowest BCUT2D eigenvalue weighted by molar-refractivity contribution is 0.245. The van der Waals surface area contributed by atoms with Gasteiger partial charge < -0.3 is 20.9 Å². The largest absolute Gasteiger partial charge is 0.354 e. The maximum Gasteiger partial charge on any atom is 0.325 e. The molecule has 178 valence electrons. The van der Waals surface area contributed by atoms with Gasteiger partial charge in [0.25, 0.3) is 0 Å². The Kier molecular flexibility index (Phi) is 8.43. The molecule has 2 aromatic heterocycles. The molecule has 0 unspecified atom stereocenters. The van der Waals surface area contributed by atoms with Crippen molar-refractivity contribution in [1.82, 2.24) is 25.1 Å². The highest BCUT2D eigenvalue weighted by atomic mass is 16.2. The summed E-state index contributed by atoms with van der Waals surface area (Å²) in [6, 6.07) is 10.5. The van der Waals surface area contributed by atoms with Crippen LogP contribution in [0.15, 0.2) is 42.7 Å². The minimum atomic E-state index is -0.354. The van der Waals surface area contributed by atoms with Gasteiger partial charge in [-0.15, -0.1) is 0 Å². The van der Waals surface area contributed by atoms with Crippen molar-refractivity contribution in [3.05, 3.63) is 48.3 Å². The lowest BCUT2D eigenvalue weighted by atomic mass is 10.2. The number of amides is 3. The van der Waals surface area contributed by atoms with Gasteiger partial charge in [0.1, 0.15) is 11.9 Å². The van der Waals surface area contributed by atoms with Crippen molar-refractivity contribution in [2.75, 3.05) is 43.9 Å². The van der Waals surface area contributed by atoms with Gasteiger partial charge in [-0.3, -0.25) is 9.88 Å². The maximum atomic E-state index is 12.3. The number of carbonyl (C=O) groups excluding carboxylic acids is 2. The fourth-order valence-corrected chi connectivity index (χ4v) is 3.62. The summed E-state index contributed by atoms with van der Waals surface area (Å²) in [4.78, 5) is 30.7. The number of nitrogens with one attached hydrogen (secondary N) is 4. The van der Waals surface area contributed by atoms with Crippen LogP contribution in [0.25, 0.3) is 10.9 Å². The highest BCUT2D eigenvalue weighted by molar-refractivity contribution is 5.93. The van der Waals surface area contributed by atoms with E-state index in [1.165, 1.54) is 10.8 Å². The fourth-order valence-electron chi connectivity index (χ4n) is 3.62. The van der Waals surface area contributed by atoms with Gasteiger partial charge in [-0.2, -0.15) is 5.26 Å². The van der Waals surface area contributed by atoms with E-state index in [1.54, 1.807) is 19.3 Å². The first-order valence-corrected chi connectivity index (χ1v) is 11.3. The molecular weight excluding hydrogens is 432 g/mol. The zero-order valence-electron chi connectivity index (χ0n) is 19.7. The summed E-state index contributed by atoms with van der Waals surface area (Å²) >= 11 is 0. The summed E-state index contributed by atoms with van der Waals surface area (Å²) in [5.41, 5.74) is 2.35. The first-order chi connectivity index (χ1) is 16.5. The third kappa shape index (κ3) is 6.02. The van der Waals surface area contributed by atoms with Crippen LogP contribution in [0.5, 0.6) is 0 Å². The van der Waals surface area contributed by atoms with Crippen LogP contribution >= 0.6 is 0 Å². The number of rotatable bonds is 9. The van der Waals surface area contributed by atoms with Gasteiger partial charge in [-0.1, -0.05) is 13.8 Å². The van der Waals surface area contributed by atoms with Gasteiger partial charge >= 0.3 is 12.1 Å². The summed E-state index contributed by atoms with van der Waals surface area (Å²) in [5.74, 6) is 0.326. The van der Waals surface area contributed by atoms with Crippen LogP contribution in [-0.2, 0) is 0 Å². The van der Waals surface area contributed by atoms with Crippen molar-refractivity contribution in [2.24, 2.45) is 0 Å². The van der Waals surface area contributed by atoms with Crippen molar-refractivity contribution in [2.45, 2.75) is 20.3 Å². The van der Waals surface area contributed by atoms with E-state index in [-0.39, 0.29) is 12.1 Å². The Labute approximate surface area is 198 Å². The summed E-state index contributed by atoms with van der Waals surface area (Å²) in [6.07, 6.45) is 4.18. The van der Waals surface area contributed by atoms with Crippen LogP contribution in [0.1, 0.15) is 25.8 Å². The van der Waals surface area contributed by atoms with E-state index in [9.17, 15) is 14.9 Å². The Morgan fingerprint density at radius 2 is 2.00 bits per heavy atom. The number of carbonyl (C=O) groups is 2. The van der Waals surface area contributed by atoms with Crippen molar-refractivity contribution < 1.29 is 9.59 Å². The van der Waals surface area contributed by atoms with E-state index in [1.807, 2.05) is 24.3 Å². The molecule has 2 heterocycles. The third-order valence-electron chi connectivity index (χ3n) is 5.37. The Bertz CT molecular complexity index is 1200. The first kappa shape index (κ1) is 24.5. The number of fused-ring (bicyclic) bond motifs is 1. The average molecular weight is 463 g/mol. The van der Waals surface area contributed by atoms with Crippen molar-refractivity contribution in [3.63, 3.8) is 0 Å². The van der Waals surface area contributed by atoms with E-state index in [0.717, 1.165) is 42.6 Å². The van der Waals surface area contributed by atoms with Gasteiger partial charge in [0.05, 0.1) is 16.8 Å². The second-order valence-corrected chi connectivity index (χ2v) is 7.68. The van der Waals surface area contributed by atoms with E-state index in [0.29, 0.717) is 23.6 Å². The first-order valence-electron chi connectivity index (χ1n) is 11.3. The molecule has 0 aliphatic heterocycles. The second kappa shape index (κ2) is 11.7. The molecule has 0 aliphatic rings. The van der Waals surface area contributed by atoms with E-state index >= 15 is 0 Å². The van der Waals surface area contributed by atoms with Crippen molar-refractivity contribution in [3.8, 4) is 6.07 Å². The molecule has 0 radical (unpaired) electrons. The van der Waals surface area contributed by atoms with Crippen LogP contribution in [0.2, 0.25) is 0 Å². The molecule has 10 heteroatoms. The number of likely N-dealkylation sites (N-methyl/N-ethyl adjacent to an activating group) is 1. The number of pyridine rings is 1. The highest BCUT2D eigenvalue weighted by Gasteiger charge is 2.11. The topological polar surface area (TPSA) is 127 Å². The minimum Gasteiger partial charge on any atom is -0.354 e. The lowest BCUT2D eigenvalue weighted by Crippen LogP contribution is -2.37. The SMILES string of the molecule is CCCN(CC)CCNC(=O)Nc1cc(Nc2ccc3c(ccn3C(=O)NC)c2)c(C#N)cn1. The molecule has 3 aromatic rings. The summed E-state index contributed by atoms with van der Waals surface area (Å²) in [6.45, 7) is 7.45. The molecule has 3 amide bonds. The molecule has 10 nitrogen and oxygen atoms in total.